The molecule has 0 bridgehead atoms. The molecule has 1 rings (SSSR count). The lowest BCUT2D eigenvalue weighted by Crippen LogP contribution is -2.53. The van der Waals surface area contributed by atoms with Crippen molar-refractivity contribution in [3.8, 4) is 0 Å². The highest BCUT2D eigenvalue weighted by molar-refractivity contribution is 5.79. The van der Waals surface area contributed by atoms with Crippen molar-refractivity contribution in [3.63, 3.8) is 0 Å². The van der Waals surface area contributed by atoms with Gasteiger partial charge in [-0.25, -0.2) is 8.78 Å². The van der Waals surface area contributed by atoms with Crippen LogP contribution in [0, 0.1) is 5.92 Å². The molecule has 0 aliphatic carbocycles. The predicted molar refractivity (Wildman–Crippen MR) is 76.6 cm³/mol. The van der Waals surface area contributed by atoms with Gasteiger partial charge in [-0.2, -0.15) is 0 Å². The molecule has 1 aliphatic heterocycles. The van der Waals surface area contributed by atoms with Crippen molar-refractivity contribution >= 4 is 11.9 Å². The molecule has 1 saturated heterocycles. The fourth-order valence-corrected chi connectivity index (χ4v) is 2.89. The van der Waals surface area contributed by atoms with Crippen molar-refractivity contribution in [2.24, 2.45) is 5.92 Å². The first-order chi connectivity index (χ1) is 10.4. The molecule has 0 aromatic heterocycles. The van der Waals surface area contributed by atoms with Gasteiger partial charge in [-0.3, -0.25) is 9.59 Å². The van der Waals surface area contributed by atoms with E-state index in [4.69, 9.17) is 9.47 Å². The first kappa shape index (κ1) is 18.8. The van der Waals surface area contributed by atoms with Gasteiger partial charge in [-0.1, -0.05) is 0 Å². The minimum absolute atomic E-state index is 0.0169. The third-order valence-electron chi connectivity index (χ3n) is 3.97. The van der Waals surface area contributed by atoms with Crippen molar-refractivity contribution in [1.82, 2.24) is 4.90 Å². The van der Waals surface area contributed by atoms with Crippen LogP contribution in [0.25, 0.3) is 0 Å². The number of nitrogens with zero attached hydrogens (tertiary/aromatic N) is 1. The zero-order valence-corrected chi connectivity index (χ0v) is 13.4. The number of piperidine rings is 1. The zero-order chi connectivity index (χ0) is 16.7. The fourth-order valence-electron chi connectivity index (χ4n) is 2.89. The Balaban J connectivity index is 2.57. The van der Waals surface area contributed by atoms with Crippen LogP contribution in [0.2, 0.25) is 0 Å². The van der Waals surface area contributed by atoms with E-state index in [-0.39, 0.29) is 42.9 Å². The Bertz CT molecular complexity index is 379. The molecule has 0 spiro atoms. The van der Waals surface area contributed by atoms with E-state index in [1.54, 1.807) is 11.8 Å². The maximum absolute atomic E-state index is 12.3. The largest absolute Gasteiger partial charge is 0.466 e. The van der Waals surface area contributed by atoms with Gasteiger partial charge in [-0.15, -0.1) is 0 Å². The van der Waals surface area contributed by atoms with Gasteiger partial charge in [0.15, 0.2) is 0 Å². The van der Waals surface area contributed by atoms with Crippen molar-refractivity contribution < 1.29 is 27.8 Å². The molecule has 0 aromatic carbocycles. The summed E-state index contributed by atoms with van der Waals surface area (Å²) in [4.78, 5) is 25.9. The summed E-state index contributed by atoms with van der Waals surface area (Å²) in [7, 11) is 0. The van der Waals surface area contributed by atoms with E-state index in [0.717, 1.165) is 6.42 Å². The summed E-state index contributed by atoms with van der Waals surface area (Å²) < 4.78 is 33.8. The first-order valence-electron chi connectivity index (χ1n) is 7.72. The summed E-state index contributed by atoms with van der Waals surface area (Å²) in [5.74, 6) is -0.793. The first-order valence-corrected chi connectivity index (χ1v) is 7.72. The van der Waals surface area contributed by atoms with Crippen molar-refractivity contribution in [1.29, 1.82) is 0 Å². The number of hydrogen-bond acceptors (Lipinski definition) is 4. The van der Waals surface area contributed by atoms with Crippen LogP contribution in [0.5, 0.6) is 0 Å². The molecule has 1 fully saturated rings. The normalized spacial score (nSPS) is 25.4. The van der Waals surface area contributed by atoms with E-state index in [9.17, 15) is 18.4 Å². The Hall–Kier alpha value is -1.24. The molecular formula is C15H25F2NO4. The number of amides is 1. The number of alkyl halides is 2. The average Bonchev–Trinajstić information content (AvgIpc) is 2.43. The molecule has 0 unspecified atom stereocenters. The number of halogens is 2. The van der Waals surface area contributed by atoms with E-state index >= 15 is 0 Å². The van der Waals surface area contributed by atoms with Crippen LogP contribution in [-0.4, -0.2) is 55.1 Å². The number of esters is 1. The minimum atomic E-state index is -2.53. The second-order valence-corrected chi connectivity index (χ2v) is 5.54. The number of carbonyl (C=O) groups is 2. The smallest absolute Gasteiger partial charge is 0.311 e. The molecule has 22 heavy (non-hydrogen) atoms. The second-order valence-electron chi connectivity index (χ2n) is 5.54. The summed E-state index contributed by atoms with van der Waals surface area (Å²) in [6.07, 6.45) is -1.09. The van der Waals surface area contributed by atoms with Gasteiger partial charge in [0.1, 0.15) is 6.61 Å². The predicted octanol–water partition coefficient (Wildman–Crippen LogP) is 2.24. The Labute approximate surface area is 129 Å². The van der Waals surface area contributed by atoms with Gasteiger partial charge in [0.2, 0.25) is 5.91 Å². The second kappa shape index (κ2) is 9.02. The van der Waals surface area contributed by atoms with Crippen LogP contribution >= 0.6 is 0 Å². The van der Waals surface area contributed by atoms with Gasteiger partial charge in [0.05, 0.1) is 25.6 Å². The number of ether oxygens (including phenoxy) is 2. The lowest BCUT2D eigenvalue weighted by molar-refractivity contribution is -0.156. The molecule has 0 radical (unpaired) electrons. The summed E-state index contributed by atoms with van der Waals surface area (Å²) >= 11 is 0. The van der Waals surface area contributed by atoms with E-state index < -0.39 is 13.0 Å². The summed E-state index contributed by atoms with van der Waals surface area (Å²) in [5, 5.41) is 0. The highest BCUT2D eigenvalue weighted by atomic mass is 19.3. The fraction of sp³-hybridized carbons (Fsp3) is 0.867. The van der Waals surface area contributed by atoms with Crippen LogP contribution in [0.1, 0.15) is 40.0 Å². The van der Waals surface area contributed by atoms with E-state index in [1.165, 1.54) is 0 Å². The van der Waals surface area contributed by atoms with Crippen LogP contribution < -0.4 is 0 Å². The van der Waals surface area contributed by atoms with Crippen LogP contribution in [0.3, 0.4) is 0 Å². The third-order valence-corrected chi connectivity index (χ3v) is 3.97. The molecule has 5 nitrogen and oxygen atoms in total. The molecule has 0 aromatic rings. The standard InChI is InChI=1S/C15H25F2NO4/c1-4-22-15(20)12-6-5-10(2)18(11(12)3)14(19)7-8-21-9-13(16)17/h10-13H,4-9H2,1-3H3/t10-,11+,12+/m0/s1. The summed E-state index contributed by atoms with van der Waals surface area (Å²) in [5.41, 5.74) is 0. The summed E-state index contributed by atoms with van der Waals surface area (Å²) in [6.45, 7) is 5.11. The number of likely N-dealkylation sites (tertiary alicyclic amines) is 1. The van der Waals surface area contributed by atoms with Gasteiger partial charge in [0.25, 0.3) is 6.43 Å². The minimum Gasteiger partial charge on any atom is -0.466 e. The van der Waals surface area contributed by atoms with E-state index in [1.807, 2.05) is 13.8 Å². The molecule has 1 heterocycles. The SMILES string of the molecule is CCOC(=O)[C@@H]1CC[C@H](C)N(C(=O)CCOCC(F)F)[C@@H]1C. The van der Waals surface area contributed by atoms with Gasteiger partial charge >= 0.3 is 5.97 Å². The summed E-state index contributed by atoms with van der Waals surface area (Å²) in [6, 6.07) is -0.242. The Morgan fingerprint density at radius 3 is 2.55 bits per heavy atom. The molecular weight excluding hydrogens is 296 g/mol. The molecule has 1 aliphatic rings. The van der Waals surface area contributed by atoms with Gasteiger partial charge in [-0.05, 0) is 33.6 Å². The highest BCUT2D eigenvalue weighted by Crippen LogP contribution is 2.29. The molecule has 0 N–H and O–H groups in total. The van der Waals surface area contributed by atoms with Crippen molar-refractivity contribution in [3.05, 3.63) is 0 Å². The Kier molecular flexibility index (Phi) is 7.72. The number of rotatable bonds is 7. The Morgan fingerprint density at radius 1 is 1.27 bits per heavy atom. The lowest BCUT2D eigenvalue weighted by atomic mass is 9.86. The molecule has 0 saturated carbocycles. The van der Waals surface area contributed by atoms with Gasteiger partial charge < -0.3 is 14.4 Å². The highest BCUT2D eigenvalue weighted by Gasteiger charge is 2.39. The number of hydrogen-bond donors (Lipinski definition) is 0. The van der Waals surface area contributed by atoms with Crippen LogP contribution in [0.4, 0.5) is 8.78 Å². The monoisotopic (exact) mass is 321 g/mol. The molecule has 7 heteroatoms. The number of carbonyl (C=O) groups excluding carboxylic acids is 2. The lowest BCUT2D eigenvalue weighted by Gasteiger charge is -2.42. The van der Waals surface area contributed by atoms with E-state index in [2.05, 4.69) is 0 Å². The third kappa shape index (κ3) is 5.19. The molecule has 128 valence electrons. The Morgan fingerprint density at radius 2 is 1.95 bits per heavy atom. The maximum atomic E-state index is 12.3. The average molecular weight is 321 g/mol. The topological polar surface area (TPSA) is 55.8 Å². The van der Waals surface area contributed by atoms with Crippen LogP contribution in [0.15, 0.2) is 0 Å². The maximum Gasteiger partial charge on any atom is 0.311 e. The van der Waals surface area contributed by atoms with Gasteiger partial charge in [0, 0.05) is 12.1 Å². The molecule has 3 atom stereocenters. The zero-order valence-electron chi connectivity index (χ0n) is 13.4. The van der Waals surface area contributed by atoms with Crippen LogP contribution in [-0.2, 0) is 19.1 Å². The van der Waals surface area contributed by atoms with Crippen molar-refractivity contribution in [2.75, 3.05) is 19.8 Å². The van der Waals surface area contributed by atoms with Crippen molar-refractivity contribution in [2.45, 2.75) is 58.5 Å². The van der Waals surface area contributed by atoms with E-state index in [0.29, 0.717) is 13.0 Å². The molecule has 1 amide bonds. The quantitative estimate of drug-likeness (QED) is 0.533.